The van der Waals surface area contributed by atoms with Crippen LogP contribution in [0.1, 0.15) is 47.4 Å². The summed E-state index contributed by atoms with van der Waals surface area (Å²) in [6.07, 6.45) is 4.70. The van der Waals surface area contributed by atoms with Gasteiger partial charge < -0.3 is 24.6 Å². The van der Waals surface area contributed by atoms with Gasteiger partial charge in [0.1, 0.15) is 12.4 Å². The predicted molar refractivity (Wildman–Crippen MR) is 135 cm³/mol. The van der Waals surface area contributed by atoms with Crippen LogP contribution >= 0.6 is 0 Å². The molecule has 9 heteroatoms. The second kappa shape index (κ2) is 11.1. The Morgan fingerprint density at radius 2 is 1.94 bits per heavy atom. The van der Waals surface area contributed by atoms with Gasteiger partial charge in [-0.15, -0.1) is 0 Å². The van der Waals surface area contributed by atoms with E-state index in [0.717, 1.165) is 12.8 Å². The van der Waals surface area contributed by atoms with E-state index in [1.54, 1.807) is 66.7 Å². The van der Waals surface area contributed by atoms with Crippen LogP contribution in [-0.4, -0.2) is 78.5 Å². The van der Waals surface area contributed by atoms with Crippen LogP contribution in [0.25, 0.3) is 0 Å². The maximum absolute atomic E-state index is 13.5. The zero-order valence-electron chi connectivity index (χ0n) is 21.3. The number of nitrogens with zero attached hydrogens (tertiary/aromatic N) is 3. The summed E-state index contributed by atoms with van der Waals surface area (Å²) in [4.78, 5) is 46.5. The van der Waals surface area contributed by atoms with Crippen molar-refractivity contribution in [3.8, 4) is 5.75 Å². The van der Waals surface area contributed by atoms with E-state index in [-0.39, 0.29) is 48.3 Å². The van der Waals surface area contributed by atoms with Crippen molar-refractivity contribution in [3.05, 3.63) is 53.9 Å². The van der Waals surface area contributed by atoms with Gasteiger partial charge in [0, 0.05) is 63.2 Å². The fourth-order valence-corrected chi connectivity index (χ4v) is 4.38. The number of nitrogens with one attached hydrogen (secondary N) is 1. The van der Waals surface area contributed by atoms with Crippen LogP contribution < -0.4 is 10.1 Å². The number of pyridine rings is 1. The van der Waals surface area contributed by atoms with Crippen molar-refractivity contribution < 1.29 is 23.9 Å². The summed E-state index contributed by atoms with van der Waals surface area (Å²) in [5.74, 6) is 0.00424. The number of amides is 3. The number of methoxy groups -OCH3 is 1. The Kier molecular flexibility index (Phi) is 7.88. The highest BCUT2D eigenvalue weighted by atomic mass is 16.5. The molecule has 0 saturated heterocycles. The number of benzene rings is 1. The fourth-order valence-electron chi connectivity index (χ4n) is 4.38. The first kappa shape index (κ1) is 25.6. The molecule has 36 heavy (non-hydrogen) atoms. The van der Waals surface area contributed by atoms with Gasteiger partial charge in [-0.3, -0.25) is 19.4 Å². The standard InChI is InChI=1S/C27H34N4O5/c1-17-14-31(26(33)20-6-5-11-28-13-20)18(2)16-36-23-12-21(29-25(32)19-7-8-19)9-10-22(23)27(34)30(3)15-24(17)35-4/h5-6,9-13,17-19,24H,7-8,14-16H2,1-4H3,(H,29,32)/t17-,18+,24-/m0/s1. The van der Waals surface area contributed by atoms with E-state index in [9.17, 15) is 14.4 Å². The topological polar surface area (TPSA) is 101 Å². The third-order valence-corrected chi connectivity index (χ3v) is 6.83. The lowest BCUT2D eigenvalue weighted by Crippen LogP contribution is -2.48. The molecule has 0 unspecified atom stereocenters. The fraction of sp³-hybridized carbons (Fsp3) is 0.481. The van der Waals surface area contributed by atoms with Gasteiger partial charge in [-0.05, 0) is 44.0 Å². The average Bonchev–Trinajstić information content (AvgIpc) is 3.74. The third-order valence-electron chi connectivity index (χ3n) is 6.83. The van der Waals surface area contributed by atoms with Gasteiger partial charge in [-0.2, -0.15) is 0 Å². The number of anilines is 1. The largest absolute Gasteiger partial charge is 0.491 e. The first-order valence-corrected chi connectivity index (χ1v) is 12.4. The van der Waals surface area contributed by atoms with Crippen molar-refractivity contribution in [2.75, 3.05) is 39.2 Å². The number of hydrogen-bond donors (Lipinski definition) is 1. The number of carbonyl (C=O) groups excluding carboxylic acids is 3. The quantitative estimate of drug-likeness (QED) is 0.701. The third kappa shape index (κ3) is 5.84. The first-order valence-electron chi connectivity index (χ1n) is 12.4. The minimum atomic E-state index is -0.303. The number of ether oxygens (including phenoxy) is 2. The van der Waals surface area contributed by atoms with Gasteiger partial charge in [-0.1, -0.05) is 6.92 Å². The number of carbonyl (C=O) groups is 3. The van der Waals surface area contributed by atoms with Crippen LogP contribution in [0.15, 0.2) is 42.7 Å². The summed E-state index contributed by atoms with van der Waals surface area (Å²) < 4.78 is 11.9. The molecule has 1 aliphatic carbocycles. The smallest absolute Gasteiger partial charge is 0.257 e. The minimum Gasteiger partial charge on any atom is -0.491 e. The zero-order valence-corrected chi connectivity index (χ0v) is 21.3. The number of fused-ring (bicyclic) bond motifs is 1. The summed E-state index contributed by atoms with van der Waals surface area (Å²) in [7, 11) is 3.34. The van der Waals surface area contributed by atoms with Gasteiger partial charge in [0.25, 0.3) is 11.8 Å². The molecule has 2 heterocycles. The van der Waals surface area contributed by atoms with Crippen molar-refractivity contribution in [1.82, 2.24) is 14.8 Å². The van der Waals surface area contributed by atoms with E-state index in [2.05, 4.69) is 10.3 Å². The minimum absolute atomic E-state index is 0.0231. The summed E-state index contributed by atoms with van der Waals surface area (Å²) in [6.45, 7) is 4.86. The van der Waals surface area contributed by atoms with Crippen LogP contribution in [0.5, 0.6) is 5.75 Å². The Morgan fingerprint density at radius 1 is 1.17 bits per heavy atom. The van der Waals surface area contributed by atoms with Crippen molar-refractivity contribution in [1.29, 1.82) is 0 Å². The lowest BCUT2D eigenvalue weighted by Gasteiger charge is -2.36. The van der Waals surface area contributed by atoms with Gasteiger partial charge in [-0.25, -0.2) is 0 Å². The van der Waals surface area contributed by atoms with Gasteiger partial charge >= 0.3 is 0 Å². The molecule has 192 valence electrons. The normalized spacial score (nSPS) is 23.1. The van der Waals surface area contributed by atoms with Gasteiger partial charge in [0.2, 0.25) is 5.91 Å². The molecule has 0 radical (unpaired) electrons. The number of hydrogen-bond acceptors (Lipinski definition) is 6. The molecule has 1 aromatic heterocycles. The van der Waals surface area contributed by atoms with Crippen molar-refractivity contribution >= 4 is 23.4 Å². The molecule has 0 bridgehead atoms. The van der Waals surface area contributed by atoms with Crippen molar-refractivity contribution in [3.63, 3.8) is 0 Å². The summed E-state index contributed by atoms with van der Waals surface area (Å²) >= 11 is 0. The highest BCUT2D eigenvalue weighted by Gasteiger charge is 2.32. The van der Waals surface area contributed by atoms with Crippen LogP contribution in [0.2, 0.25) is 0 Å². The number of rotatable bonds is 4. The summed E-state index contributed by atoms with van der Waals surface area (Å²) in [6, 6.07) is 8.26. The number of likely N-dealkylation sites (N-methyl/N-ethyl adjacent to an activating group) is 1. The molecule has 1 aromatic carbocycles. The van der Waals surface area contributed by atoms with Gasteiger partial charge in [0.05, 0.1) is 23.3 Å². The average molecular weight is 495 g/mol. The highest BCUT2D eigenvalue weighted by molar-refractivity contribution is 5.99. The molecule has 2 aliphatic rings. The zero-order chi connectivity index (χ0) is 25.8. The summed E-state index contributed by atoms with van der Waals surface area (Å²) in [5, 5.41) is 2.91. The Hall–Kier alpha value is -3.46. The summed E-state index contributed by atoms with van der Waals surface area (Å²) in [5.41, 5.74) is 1.46. The van der Waals surface area contributed by atoms with E-state index in [0.29, 0.717) is 35.7 Å². The SMILES string of the molecule is CO[C@H]1CN(C)C(=O)c2ccc(NC(=O)C3CC3)cc2OC[C@@H](C)N(C(=O)c2cccnc2)C[C@@H]1C. The monoisotopic (exact) mass is 494 g/mol. The van der Waals surface area contributed by atoms with Crippen LogP contribution in [0, 0.1) is 11.8 Å². The second-order valence-corrected chi connectivity index (χ2v) is 9.77. The molecule has 1 fully saturated rings. The van der Waals surface area contributed by atoms with E-state index in [1.807, 2.05) is 13.8 Å². The Morgan fingerprint density at radius 3 is 2.61 bits per heavy atom. The van der Waals surface area contributed by atoms with Crippen molar-refractivity contribution in [2.24, 2.45) is 11.8 Å². The Bertz CT molecular complexity index is 1100. The van der Waals surface area contributed by atoms with Gasteiger partial charge in [0.15, 0.2) is 0 Å². The van der Waals surface area contributed by atoms with Crippen LogP contribution in [-0.2, 0) is 9.53 Å². The molecule has 1 N–H and O–H groups in total. The van der Waals surface area contributed by atoms with E-state index in [4.69, 9.17) is 9.47 Å². The molecule has 1 saturated carbocycles. The molecular weight excluding hydrogens is 460 g/mol. The first-order chi connectivity index (χ1) is 17.3. The molecule has 3 atom stereocenters. The predicted octanol–water partition coefficient (Wildman–Crippen LogP) is 3.08. The maximum Gasteiger partial charge on any atom is 0.257 e. The maximum atomic E-state index is 13.5. The van der Waals surface area contributed by atoms with E-state index < -0.39 is 0 Å². The molecular formula is C27H34N4O5. The van der Waals surface area contributed by atoms with E-state index in [1.165, 1.54) is 0 Å². The molecule has 9 nitrogen and oxygen atoms in total. The molecule has 4 rings (SSSR count). The molecule has 2 aromatic rings. The molecule has 1 aliphatic heterocycles. The molecule has 0 spiro atoms. The Labute approximate surface area is 211 Å². The lowest BCUT2D eigenvalue weighted by molar-refractivity contribution is -0.117. The Balaban J connectivity index is 1.66. The number of aromatic nitrogens is 1. The van der Waals surface area contributed by atoms with E-state index >= 15 is 0 Å². The van der Waals surface area contributed by atoms with Crippen LogP contribution in [0.3, 0.4) is 0 Å². The van der Waals surface area contributed by atoms with Crippen molar-refractivity contribution in [2.45, 2.75) is 38.8 Å². The molecule has 3 amide bonds. The lowest BCUT2D eigenvalue weighted by atomic mass is 10.0. The highest BCUT2D eigenvalue weighted by Crippen LogP contribution is 2.32. The van der Waals surface area contributed by atoms with Crippen LogP contribution in [0.4, 0.5) is 5.69 Å². The second-order valence-electron chi connectivity index (χ2n) is 9.77.